The molecule has 0 spiro atoms. The van der Waals surface area contributed by atoms with Gasteiger partial charge < -0.3 is 19.5 Å². The summed E-state index contributed by atoms with van der Waals surface area (Å²) in [6.07, 6.45) is 6.65. The molecule has 2 aliphatic rings. The number of nitrogens with zero attached hydrogens (tertiary/aromatic N) is 1. The molecule has 4 nitrogen and oxygen atoms in total. The first-order chi connectivity index (χ1) is 11.8. The monoisotopic (exact) mass is 333 g/mol. The molecule has 0 saturated carbocycles. The molecule has 134 valence electrons. The summed E-state index contributed by atoms with van der Waals surface area (Å²) in [5, 5.41) is 10.5. The van der Waals surface area contributed by atoms with E-state index in [0.29, 0.717) is 5.92 Å². The zero-order valence-corrected chi connectivity index (χ0v) is 14.7. The first-order valence-corrected chi connectivity index (χ1v) is 9.54. The molecule has 0 amide bonds. The van der Waals surface area contributed by atoms with Crippen molar-refractivity contribution < 1.29 is 14.6 Å². The Morgan fingerprint density at radius 2 is 1.79 bits per heavy atom. The highest BCUT2D eigenvalue weighted by Gasteiger charge is 2.23. The van der Waals surface area contributed by atoms with E-state index in [1.807, 2.05) is 24.3 Å². The minimum atomic E-state index is -0.387. The quantitative estimate of drug-likeness (QED) is 0.777. The van der Waals surface area contributed by atoms with Crippen LogP contribution in [0.15, 0.2) is 24.3 Å². The fourth-order valence-corrected chi connectivity index (χ4v) is 3.73. The van der Waals surface area contributed by atoms with E-state index >= 15 is 0 Å². The van der Waals surface area contributed by atoms with Gasteiger partial charge in [-0.15, -0.1) is 0 Å². The molecule has 2 aliphatic heterocycles. The van der Waals surface area contributed by atoms with Crippen LogP contribution in [0.1, 0.15) is 50.2 Å². The molecule has 1 atom stereocenters. The van der Waals surface area contributed by atoms with Gasteiger partial charge >= 0.3 is 0 Å². The lowest BCUT2D eigenvalue weighted by molar-refractivity contribution is 0.00717. The van der Waals surface area contributed by atoms with Crippen molar-refractivity contribution in [2.75, 3.05) is 39.5 Å². The Bertz CT molecular complexity index is 464. The zero-order valence-electron chi connectivity index (χ0n) is 14.7. The van der Waals surface area contributed by atoms with Crippen molar-refractivity contribution in [1.82, 2.24) is 4.90 Å². The van der Waals surface area contributed by atoms with Crippen LogP contribution >= 0.6 is 0 Å². The molecule has 2 fully saturated rings. The molecule has 3 rings (SSSR count). The maximum absolute atomic E-state index is 10.5. The highest BCUT2D eigenvalue weighted by Crippen LogP contribution is 2.30. The van der Waals surface area contributed by atoms with E-state index in [1.165, 1.54) is 32.4 Å². The average Bonchev–Trinajstić information content (AvgIpc) is 2.67. The predicted molar refractivity (Wildman–Crippen MR) is 95.3 cm³/mol. The maximum Gasteiger partial charge on any atom is 0.119 e. The normalized spacial score (nSPS) is 21.5. The zero-order chi connectivity index (χ0) is 16.6. The van der Waals surface area contributed by atoms with Gasteiger partial charge in [0.05, 0.1) is 12.7 Å². The van der Waals surface area contributed by atoms with E-state index in [9.17, 15) is 5.11 Å². The van der Waals surface area contributed by atoms with Gasteiger partial charge in [0, 0.05) is 19.8 Å². The van der Waals surface area contributed by atoms with E-state index in [0.717, 1.165) is 56.9 Å². The van der Waals surface area contributed by atoms with Crippen LogP contribution in [0.3, 0.4) is 0 Å². The van der Waals surface area contributed by atoms with Crippen molar-refractivity contribution in [2.45, 2.75) is 44.6 Å². The van der Waals surface area contributed by atoms with E-state index in [1.54, 1.807) is 0 Å². The number of aliphatic hydroxyl groups excluding tert-OH is 1. The minimum absolute atomic E-state index is 0.315. The van der Waals surface area contributed by atoms with Crippen LogP contribution in [-0.4, -0.2) is 49.5 Å². The van der Waals surface area contributed by atoms with Crippen LogP contribution in [0, 0.1) is 5.92 Å². The molecule has 2 saturated heterocycles. The highest BCUT2D eigenvalue weighted by molar-refractivity contribution is 5.28. The molecule has 0 aliphatic carbocycles. The second-order valence-electron chi connectivity index (χ2n) is 7.07. The smallest absolute Gasteiger partial charge is 0.119 e. The number of hydrogen-bond acceptors (Lipinski definition) is 4. The lowest BCUT2D eigenvalue weighted by Gasteiger charge is -2.27. The van der Waals surface area contributed by atoms with Crippen LogP contribution in [0.25, 0.3) is 0 Å². The molecule has 0 aromatic heterocycles. The Hall–Kier alpha value is -1.10. The molecule has 2 heterocycles. The number of likely N-dealkylation sites (tertiary alicyclic amines) is 1. The van der Waals surface area contributed by atoms with Crippen molar-refractivity contribution in [3.05, 3.63) is 29.8 Å². The molecule has 1 aromatic rings. The summed E-state index contributed by atoms with van der Waals surface area (Å²) in [4.78, 5) is 2.54. The van der Waals surface area contributed by atoms with Crippen LogP contribution in [-0.2, 0) is 4.74 Å². The minimum Gasteiger partial charge on any atom is -0.494 e. The van der Waals surface area contributed by atoms with Crippen molar-refractivity contribution in [1.29, 1.82) is 0 Å². The van der Waals surface area contributed by atoms with Gasteiger partial charge in [0.2, 0.25) is 0 Å². The van der Waals surface area contributed by atoms with Crippen molar-refractivity contribution in [3.8, 4) is 5.75 Å². The van der Waals surface area contributed by atoms with Gasteiger partial charge in [-0.25, -0.2) is 0 Å². The number of hydrogen-bond donors (Lipinski definition) is 1. The summed E-state index contributed by atoms with van der Waals surface area (Å²) in [5.41, 5.74) is 0.988. The Kier molecular flexibility index (Phi) is 6.94. The predicted octanol–water partition coefficient (Wildman–Crippen LogP) is 3.40. The number of piperidine rings is 1. The van der Waals surface area contributed by atoms with Gasteiger partial charge in [0.25, 0.3) is 0 Å². The Morgan fingerprint density at radius 3 is 2.50 bits per heavy atom. The molecule has 24 heavy (non-hydrogen) atoms. The number of benzene rings is 1. The van der Waals surface area contributed by atoms with Crippen LogP contribution in [0.2, 0.25) is 0 Å². The SMILES string of the molecule is OC(c1ccc(OCCCN2CCCCC2)cc1)C1CCOCC1. The van der Waals surface area contributed by atoms with Crippen LogP contribution < -0.4 is 4.74 Å². The first kappa shape index (κ1) is 17.7. The summed E-state index contributed by atoms with van der Waals surface area (Å²) in [5.74, 6) is 1.21. The number of ether oxygens (including phenoxy) is 2. The summed E-state index contributed by atoms with van der Waals surface area (Å²) >= 11 is 0. The Morgan fingerprint density at radius 1 is 1.08 bits per heavy atom. The van der Waals surface area contributed by atoms with E-state index < -0.39 is 0 Å². The molecule has 0 bridgehead atoms. The second-order valence-corrected chi connectivity index (χ2v) is 7.07. The Labute approximate surface area is 145 Å². The van der Waals surface area contributed by atoms with Gasteiger partial charge in [0.1, 0.15) is 5.75 Å². The summed E-state index contributed by atoms with van der Waals surface area (Å²) < 4.78 is 11.2. The topological polar surface area (TPSA) is 41.9 Å². The fraction of sp³-hybridized carbons (Fsp3) is 0.700. The molecule has 0 radical (unpaired) electrons. The number of aliphatic hydroxyl groups is 1. The molecule has 1 unspecified atom stereocenters. The molecule has 1 N–H and O–H groups in total. The van der Waals surface area contributed by atoms with E-state index in [-0.39, 0.29) is 6.10 Å². The Balaban J connectivity index is 1.39. The summed E-state index contributed by atoms with van der Waals surface area (Å²) in [6, 6.07) is 7.97. The number of rotatable bonds is 7. The average molecular weight is 333 g/mol. The standard InChI is InChI=1S/C20H31NO3/c22-20(18-9-15-23-16-10-18)17-5-7-19(8-6-17)24-14-4-13-21-11-2-1-3-12-21/h5-8,18,20,22H,1-4,9-16H2. The lowest BCUT2D eigenvalue weighted by atomic mass is 9.89. The third-order valence-electron chi connectivity index (χ3n) is 5.27. The van der Waals surface area contributed by atoms with Gasteiger partial charge in [-0.05, 0) is 68.8 Å². The van der Waals surface area contributed by atoms with Gasteiger partial charge in [-0.1, -0.05) is 18.6 Å². The molecular weight excluding hydrogens is 302 g/mol. The van der Waals surface area contributed by atoms with Crippen LogP contribution in [0.5, 0.6) is 5.75 Å². The van der Waals surface area contributed by atoms with Gasteiger partial charge in [-0.2, -0.15) is 0 Å². The van der Waals surface area contributed by atoms with E-state index in [2.05, 4.69) is 4.90 Å². The third-order valence-corrected chi connectivity index (χ3v) is 5.27. The van der Waals surface area contributed by atoms with Gasteiger partial charge in [-0.3, -0.25) is 0 Å². The first-order valence-electron chi connectivity index (χ1n) is 9.54. The summed E-state index contributed by atoms with van der Waals surface area (Å²) in [6.45, 7) is 5.93. The summed E-state index contributed by atoms with van der Waals surface area (Å²) in [7, 11) is 0. The van der Waals surface area contributed by atoms with Gasteiger partial charge in [0.15, 0.2) is 0 Å². The largest absolute Gasteiger partial charge is 0.494 e. The highest BCUT2D eigenvalue weighted by atomic mass is 16.5. The fourth-order valence-electron chi connectivity index (χ4n) is 3.73. The third kappa shape index (κ3) is 5.20. The molecule has 1 aromatic carbocycles. The van der Waals surface area contributed by atoms with Crippen molar-refractivity contribution in [2.24, 2.45) is 5.92 Å². The van der Waals surface area contributed by atoms with Crippen molar-refractivity contribution in [3.63, 3.8) is 0 Å². The molecular formula is C20H31NO3. The second kappa shape index (κ2) is 9.40. The van der Waals surface area contributed by atoms with Crippen molar-refractivity contribution >= 4 is 0 Å². The lowest BCUT2D eigenvalue weighted by Crippen LogP contribution is -2.31. The van der Waals surface area contributed by atoms with E-state index in [4.69, 9.17) is 9.47 Å². The maximum atomic E-state index is 10.5. The molecule has 4 heteroatoms. The van der Waals surface area contributed by atoms with Crippen LogP contribution in [0.4, 0.5) is 0 Å².